The molecule has 210 valence electrons. The summed E-state index contributed by atoms with van der Waals surface area (Å²) in [6.45, 7) is 20.8. The van der Waals surface area contributed by atoms with E-state index in [2.05, 4.69) is 50.7 Å². The summed E-state index contributed by atoms with van der Waals surface area (Å²) in [4.78, 5) is 26.5. The molecule has 1 amide bonds. The highest BCUT2D eigenvalue weighted by molar-refractivity contribution is 8.17. The standard InChI is InChI=1S/C15H20N4OS.C6H14.C5H12.2C2H6/c1-18(2)15-17-11-8-12(21-15)9-13(16-10-11)14(20)19-6-4-3-5-7-19;1-3-5-6-4-2;1-4-5(2)3;2*1-2/h8-11H,3-7H2,1-2H3;3-6H2,1-2H3;5H,4H2,1-3H3;2*1-2H3. The summed E-state index contributed by atoms with van der Waals surface area (Å²) in [5.41, 5.74) is 0.536. The summed E-state index contributed by atoms with van der Waals surface area (Å²) >= 11 is 1.59. The average molecular weight is 523 g/mol. The van der Waals surface area contributed by atoms with Crippen molar-refractivity contribution in [1.82, 2.24) is 9.80 Å². The predicted molar refractivity (Wildman–Crippen MR) is 165 cm³/mol. The maximum absolute atomic E-state index is 12.6. The molecule has 1 fully saturated rings. The van der Waals surface area contributed by atoms with E-state index in [4.69, 9.17) is 0 Å². The van der Waals surface area contributed by atoms with Crippen LogP contribution in [0.3, 0.4) is 0 Å². The Morgan fingerprint density at radius 3 is 2.00 bits per heavy atom. The lowest BCUT2D eigenvalue weighted by Crippen LogP contribution is -2.36. The third kappa shape index (κ3) is 16.2. The Hall–Kier alpha value is -1.56. The van der Waals surface area contributed by atoms with Crippen LogP contribution < -0.4 is 0 Å². The number of unbranched alkanes of at least 4 members (excludes halogenated alkanes) is 3. The Kier molecular flexibility index (Phi) is 24.2. The lowest BCUT2D eigenvalue weighted by Gasteiger charge is -2.26. The molecule has 0 aromatic heterocycles. The van der Waals surface area contributed by atoms with E-state index >= 15 is 0 Å². The fourth-order valence-electron chi connectivity index (χ4n) is 3.06. The van der Waals surface area contributed by atoms with Crippen molar-refractivity contribution in [2.75, 3.05) is 27.2 Å². The van der Waals surface area contributed by atoms with Crippen molar-refractivity contribution < 1.29 is 4.79 Å². The number of carbonyl (C=O) groups excluding carboxylic acids is 1. The van der Waals surface area contributed by atoms with E-state index in [9.17, 15) is 4.79 Å². The first kappa shape index (κ1) is 36.6. The van der Waals surface area contributed by atoms with Crippen molar-refractivity contribution in [2.24, 2.45) is 15.9 Å². The number of likely N-dealkylation sites (tertiary alicyclic amines) is 1. The third-order valence-electron chi connectivity index (χ3n) is 5.47. The zero-order chi connectivity index (χ0) is 27.9. The van der Waals surface area contributed by atoms with Gasteiger partial charge in [0.1, 0.15) is 11.7 Å². The molecule has 3 rings (SSSR count). The molecule has 5 nitrogen and oxygen atoms in total. The number of amides is 1. The van der Waals surface area contributed by atoms with Crippen molar-refractivity contribution >= 4 is 29.1 Å². The Morgan fingerprint density at radius 1 is 1.03 bits per heavy atom. The van der Waals surface area contributed by atoms with Gasteiger partial charge in [0, 0.05) is 38.3 Å². The smallest absolute Gasteiger partial charge is 0.272 e. The molecule has 1 saturated heterocycles. The highest BCUT2D eigenvalue weighted by atomic mass is 32.2. The predicted octanol–water partition coefficient (Wildman–Crippen LogP) is 8.58. The van der Waals surface area contributed by atoms with Gasteiger partial charge in [-0.1, -0.05) is 106 Å². The number of fused-ring (bicyclic) bond motifs is 1. The second-order valence-electron chi connectivity index (χ2n) is 9.14. The minimum absolute atomic E-state index is 0.0476. The Bertz CT molecular complexity index is 670. The molecule has 2 bridgehead atoms. The van der Waals surface area contributed by atoms with E-state index in [-0.39, 0.29) is 11.9 Å². The van der Waals surface area contributed by atoms with Gasteiger partial charge < -0.3 is 9.80 Å². The highest BCUT2D eigenvalue weighted by Crippen LogP contribution is 2.29. The van der Waals surface area contributed by atoms with Gasteiger partial charge in [-0.25, -0.2) is 4.99 Å². The molecule has 0 radical (unpaired) electrons. The SMILES string of the molecule is CC.CC.CCC(C)C.CCCCCC.CN(C)C1=NC2C=NC(C(=O)N3CCCCC3)=CC(=C2)S1. The van der Waals surface area contributed by atoms with Crippen LogP contribution in [0.2, 0.25) is 0 Å². The molecule has 3 aliphatic heterocycles. The van der Waals surface area contributed by atoms with Crippen LogP contribution in [0.5, 0.6) is 0 Å². The quantitative estimate of drug-likeness (QED) is 0.340. The van der Waals surface area contributed by atoms with Crippen LogP contribution in [0.4, 0.5) is 0 Å². The van der Waals surface area contributed by atoms with Gasteiger partial charge >= 0.3 is 0 Å². The van der Waals surface area contributed by atoms with Crippen molar-refractivity contribution in [3.63, 3.8) is 0 Å². The molecule has 0 aliphatic carbocycles. The van der Waals surface area contributed by atoms with E-state index in [0.29, 0.717) is 5.70 Å². The van der Waals surface area contributed by atoms with Gasteiger partial charge in [-0.15, -0.1) is 0 Å². The van der Waals surface area contributed by atoms with Gasteiger partial charge in [-0.2, -0.15) is 0 Å². The first-order valence-electron chi connectivity index (χ1n) is 14.5. The number of carbonyl (C=O) groups is 1. The number of allylic oxidation sites excluding steroid dienone is 1. The van der Waals surface area contributed by atoms with Crippen LogP contribution in [0.25, 0.3) is 0 Å². The molecule has 36 heavy (non-hydrogen) atoms. The topological polar surface area (TPSA) is 48.3 Å². The van der Waals surface area contributed by atoms with Crippen LogP contribution in [-0.2, 0) is 4.79 Å². The highest BCUT2D eigenvalue weighted by Gasteiger charge is 2.24. The molecule has 0 aromatic carbocycles. The number of aliphatic imine (C=N–C) groups is 2. The summed E-state index contributed by atoms with van der Waals surface area (Å²) < 4.78 is 0. The van der Waals surface area contributed by atoms with E-state index in [0.717, 1.165) is 41.9 Å². The van der Waals surface area contributed by atoms with Crippen molar-refractivity contribution in [3.05, 3.63) is 22.8 Å². The van der Waals surface area contributed by atoms with Crippen LogP contribution in [0.1, 0.15) is 114 Å². The minimum atomic E-state index is -0.0680. The first-order valence-corrected chi connectivity index (χ1v) is 15.3. The second-order valence-corrected chi connectivity index (χ2v) is 10.2. The third-order valence-corrected chi connectivity index (χ3v) is 6.61. The fourth-order valence-corrected chi connectivity index (χ4v) is 4.01. The number of hydrogen-bond donors (Lipinski definition) is 0. The van der Waals surface area contributed by atoms with Gasteiger partial charge in [0.05, 0.1) is 0 Å². The van der Waals surface area contributed by atoms with Crippen molar-refractivity contribution in [3.8, 4) is 0 Å². The molecular weight excluding hydrogens is 464 g/mol. The van der Waals surface area contributed by atoms with Gasteiger partial charge in [-0.05, 0) is 37.3 Å². The Balaban J connectivity index is 0. The van der Waals surface area contributed by atoms with Gasteiger partial charge in [0.15, 0.2) is 5.17 Å². The number of thioether (sulfide) groups is 1. The largest absolute Gasteiger partial charge is 0.357 e. The Labute approximate surface area is 229 Å². The summed E-state index contributed by atoms with van der Waals surface area (Å²) in [6, 6.07) is -0.0680. The van der Waals surface area contributed by atoms with Crippen molar-refractivity contribution in [1.29, 1.82) is 0 Å². The minimum Gasteiger partial charge on any atom is -0.357 e. The Morgan fingerprint density at radius 2 is 1.56 bits per heavy atom. The molecule has 0 saturated carbocycles. The number of amidine groups is 1. The molecule has 3 heterocycles. The summed E-state index contributed by atoms with van der Waals surface area (Å²) in [6.07, 6.45) is 16.0. The van der Waals surface area contributed by atoms with E-state index in [1.54, 1.807) is 18.0 Å². The number of rotatable bonds is 5. The molecule has 0 spiro atoms. The number of hydrogen-bond acceptors (Lipinski definition) is 5. The molecular formula is C30H58N4OS. The van der Waals surface area contributed by atoms with E-state index in [1.807, 2.05) is 57.7 Å². The molecule has 6 heteroatoms. The molecule has 0 aromatic rings. The normalized spacial score (nSPS) is 17.6. The van der Waals surface area contributed by atoms with Crippen LogP contribution in [0, 0.1) is 5.92 Å². The van der Waals surface area contributed by atoms with Gasteiger partial charge in [0.25, 0.3) is 5.91 Å². The summed E-state index contributed by atoms with van der Waals surface area (Å²) in [5, 5.41) is 0.951. The van der Waals surface area contributed by atoms with Crippen LogP contribution in [-0.4, -0.2) is 60.3 Å². The molecule has 1 atom stereocenters. The van der Waals surface area contributed by atoms with Crippen molar-refractivity contribution in [2.45, 2.75) is 120 Å². The maximum Gasteiger partial charge on any atom is 0.272 e. The summed E-state index contributed by atoms with van der Waals surface area (Å²) in [7, 11) is 3.95. The number of piperidine rings is 1. The monoisotopic (exact) mass is 522 g/mol. The van der Waals surface area contributed by atoms with Crippen LogP contribution >= 0.6 is 11.8 Å². The number of nitrogens with zero attached hydrogens (tertiary/aromatic N) is 4. The summed E-state index contributed by atoms with van der Waals surface area (Å²) in [5.74, 6) is 0.932. The van der Waals surface area contributed by atoms with E-state index < -0.39 is 0 Å². The first-order chi connectivity index (χ1) is 17.3. The average Bonchev–Trinajstić information content (AvgIpc) is 3.07. The zero-order valence-corrected chi connectivity index (χ0v) is 26.4. The van der Waals surface area contributed by atoms with Gasteiger partial charge in [-0.3, -0.25) is 9.79 Å². The lowest BCUT2D eigenvalue weighted by atomic mass is 10.1. The van der Waals surface area contributed by atoms with E-state index in [1.165, 1.54) is 38.5 Å². The van der Waals surface area contributed by atoms with Gasteiger partial charge in [0.2, 0.25) is 0 Å². The fraction of sp³-hybridized carbons (Fsp3) is 0.767. The van der Waals surface area contributed by atoms with Crippen LogP contribution in [0.15, 0.2) is 32.7 Å². The zero-order valence-electron chi connectivity index (χ0n) is 25.6. The molecule has 0 N–H and O–H groups in total. The second kappa shape index (κ2) is 23.8. The lowest BCUT2D eigenvalue weighted by molar-refractivity contribution is -0.128. The molecule has 1 unspecified atom stereocenters. The molecule has 3 aliphatic rings. The maximum atomic E-state index is 12.6.